The van der Waals surface area contributed by atoms with Gasteiger partial charge < -0.3 is 0 Å². The molecule has 2 N–H and O–H groups in total. The van der Waals surface area contributed by atoms with Gasteiger partial charge in [0.2, 0.25) is 0 Å². The first-order chi connectivity index (χ1) is 13.2. The summed E-state index contributed by atoms with van der Waals surface area (Å²) in [7, 11) is -7.95. The maximum Gasteiger partial charge on any atom is 0.262 e. The monoisotopic (exact) mass is 456 g/mol. The van der Waals surface area contributed by atoms with Crippen molar-refractivity contribution in [3.63, 3.8) is 0 Å². The van der Waals surface area contributed by atoms with Crippen molar-refractivity contribution in [3.05, 3.63) is 82.8 Å². The zero-order valence-electron chi connectivity index (χ0n) is 14.1. The second-order valence-electron chi connectivity index (χ2n) is 5.67. The van der Waals surface area contributed by atoms with E-state index in [4.69, 9.17) is 23.2 Å². The minimum atomic E-state index is -3.98. The van der Waals surface area contributed by atoms with Crippen LogP contribution in [0.25, 0.3) is 0 Å². The molecule has 0 heterocycles. The molecule has 0 unspecified atom stereocenters. The first-order valence-electron chi connectivity index (χ1n) is 7.83. The summed E-state index contributed by atoms with van der Waals surface area (Å²) in [5.41, 5.74) is 0.126. The highest BCUT2D eigenvalue weighted by Gasteiger charge is 2.20. The van der Waals surface area contributed by atoms with Crippen LogP contribution in [-0.4, -0.2) is 16.8 Å². The number of anilines is 2. The quantitative estimate of drug-likeness (QED) is 0.566. The molecule has 0 amide bonds. The van der Waals surface area contributed by atoms with E-state index in [1.165, 1.54) is 48.5 Å². The lowest BCUT2D eigenvalue weighted by Crippen LogP contribution is -2.17. The van der Waals surface area contributed by atoms with Crippen LogP contribution in [0.4, 0.5) is 11.4 Å². The Hall–Kier alpha value is -2.26. The molecule has 0 aromatic heterocycles. The summed E-state index contributed by atoms with van der Waals surface area (Å²) in [6.45, 7) is 0. The molecule has 0 bridgehead atoms. The number of nitrogens with one attached hydrogen (secondary N) is 2. The molecule has 0 radical (unpaired) electrons. The Bertz CT molecular complexity index is 1130. The van der Waals surface area contributed by atoms with Gasteiger partial charge in [-0.2, -0.15) is 0 Å². The molecule has 0 saturated heterocycles. The highest BCUT2D eigenvalue weighted by molar-refractivity contribution is 7.93. The Balaban J connectivity index is 1.94. The van der Waals surface area contributed by atoms with Gasteiger partial charge in [0.25, 0.3) is 20.0 Å². The molecule has 3 aromatic rings. The van der Waals surface area contributed by atoms with Crippen molar-refractivity contribution in [1.29, 1.82) is 0 Å². The SMILES string of the molecule is O=S(=O)(Nc1ccccc1NS(=O)(=O)c1cccc(Cl)c1)c1cccc(Cl)c1. The number of para-hydroxylation sites is 2. The first kappa shape index (κ1) is 20.5. The number of benzene rings is 3. The standard InChI is InChI=1S/C18H14Cl2N2O4S2/c19-13-5-3-7-15(11-13)27(23,24)21-17-9-1-2-10-18(17)22-28(25,26)16-8-4-6-14(20)12-16/h1-12,21-22H. The highest BCUT2D eigenvalue weighted by atomic mass is 35.5. The van der Waals surface area contributed by atoms with Crippen LogP contribution in [0.3, 0.4) is 0 Å². The molecular weight excluding hydrogens is 443 g/mol. The van der Waals surface area contributed by atoms with Crippen LogP contribution >= 0.6 is 23.2 Å². The van der Waals surface area contributed by atoms with Crippen molar-refractivity contribution in [2.24, 2.45) is 0 Å². The number of rotatable bonds is 6. The lowest BCUT2D eigenvalue weighted by atomic mass is 10.3. The van der Waals surface area contributed by atoms with E-state index >= 15 is 0 Å². The molecule has 0 aliphatic heterocycles. The highest BCUT2D eigenvalue weighted by Crippen LogP contribution is 2.28. The number of hydrogen-bond acceptors (Lipinski definition) is 4. The van der Waals surface area contributed by atoms with E-state index in [2.05, 4.69) is 9.44 Å². The smallest absolute Gasteiger partial charge is 0.262 e. The third kappa shape index (κ3) is 4.77. The molecular formula is C18H14Cl2N2O4S2. The van der Waals surface area contributed by atoms with E-state index in [-0.39, 0.29) is 31.2 Å². The second-order valence-corrected chi connectivity index (χ2v) is 9.91. The van der Waals surface area contributed by atoms with Crippen LogP contribution in [0.5, 0.6) is 0 Å². The van der Waals surface area contributed by atoms with E-state index in [0.29, 0.717) is 0 Å². The number of sulfonamides is 2. The summed E-state index contributed by atoms with van der Waals surface area (Å²) in [6.07, 6.45) is 0. The van der Waals surface area contributed by atoms with Crippen molar-refractivity contribution in [3.8, 4) is 0 Å². The maximum atomic E-state index is 12.6. The largest absolute Gasteiger partial charge is 0.277 e. The topological polar surface area (TPSA) is 92.3 Å². The van der Waals surface area contributed by atoms with Crippen LogP contribution < -0.4 is 9.44 Å². The lowest BCUT2D eigenvalue weighted by molar-refractivity contribution is 0.599. The summed E-state index contributed by atoms with van der Waals surface area (Å²) in [5.74, 6) is 0. The molecule has 0 aliphatic rings. The van der Waals surface area contributed by atoms with E-state index in [9.17, 15) is 16.8 Å². The summed E-state index contributed by atoms with van der Waals surface area (Å²) in [5, 5.41) is 0.524. The fourth-order valence-electron chi connectivity index (χ4n) is 2.34. The summed E-state index contributed by atoms with van der Waals surface area (Å²) in [4.78, 5) is -0.0972. The van der Waals surface area contributed by atoms with Gasteiger partial charge in [-0.05, 0) is 48.5 Å². The minimum Gasteiger partial charge on any atom is -0.277 e. The zero-order valence-corrected chi connectivity index (χ0v) is 17.3. The van der Waals surface area contributed by atoms with Gasteiger partial charge in [-0.15, -0.1) is 0 Å². The fourth-order valence-corrected chi connectivity index (χ4v) is 5.10. The van der Waals surface area contributed by atoms with E-state index in [1.807, 2.05) is 0 Å². The Morgan fingerprint density at radius 2 is 0.964 bits per heavy atom. The molecule has 28 heavy (non-hydrogen) atoms. The molecule has 3 rings (SSSR count). The molecule has 146 valence electrons. The Morgan fingerprint density at radius 3 is 1.32 bits per heavy atom. The average Bonchev–Trinajstić information content (AvgIpc) is 2.63. The normalized spacial score (nSPS) is 11.8. The number of hydrogen-bond donors (Lipinski definition) is 2. The Morgan fingerprint density at radius 1 is 0.571 bits per heavy atom. The van der Waals surface area contributed by atoms with E-state index < -0.39 is 20.0 Å². The summed E-state index contributed by atoms with van der Waals surface area (Å²) >= 11 is 11.7. The maximum absolute atomic E-state index is 12.6. The molecule has 0 fully saturated rings. The molecule has 0 saturated carbocycles. The van der Waals surface area contributed by atoms with Crippen LogP contribution in [0.15, 0.2) is 82.6 Å². The van der Waals surface area contributed by atoms with Crippen molar-refractivity contribution in [2.45, 2.75) is 9.79 Å². The lowest BCUT2D eigenvalue weighted by Gasteiger charge is -2.15. The van der Waals surface area contributed by atoms with Gasteiger partial charge >= 0.3 is 0 Å². The van der Waals surface area contributed by atoms with Gasteiger partial charge in [0.15, 0.2) is 0 Å². The van der Waals surface area contributed by atoms with Gasteiger partial charge in [0.1, 0.15) is 0 Å². The minimum absolute atomic E-state index is 0.0486. The Kier molecular flexibility index (Phi) is 5.85. The molecule has 3 aromatic carbocycles. The average molecular weight is 457 g/mol. The van der Waals surface area contributed by atoms with Crippen molar-refractivity contribution in [1.82, 2.24) is 0 Å². The fraction of sp³-hybridized carbons (Fsp3) is 0. The molecule has 6 nitrogen and oxygen atoms in total. The predicted octanol–water partition coefficient (Wildman–Crippen LogP) is 4.60. The zero-order chi connectivity index (χ0) is 20.4. The van der Waals surface area contributed by atoms with Crippen LogP contribution in [0, 0.1) is 0 Å². The molecule has 0 aliphatic carbocycles. The van der Waals surface area contributed by atoms with Gasteiger partial charge in [-0.3, -0.25) is 9.44 Å². The van der Waals surface area contributed by atoms with Crippen LogP contribution in [0.1, 0.15) is 0 Å². The van der Waals surface area contributed by atoms with Crippen LogP contribution in [-0.2, 0) is 20.0 Å². The van der Waals surface area contributed by atoms with Gasteiger partial charge in [-0.1, -0.05) is 47.5 Å². The predicted molar refractivity (Wildman–Crippen MR) is 111 cm³/mol. The number of halogens is 2. The van der Waals surface area contributed by atoms with Gasteiger partial charge in [0, 0.05) is 10.0 Å². The van der Waals surface area contributed by atoms with Gasteiger partial charge in [0.05, 0.1) is 21.2 Å². The Labute approximate surface area is 173 Å². The van der Waals surface area contributed by atoms with Crippen molar-refractivity contribution >= 4 is 54.6 Å². The third-order valence-electron chi connectivity index (χ3n) is 3.63. The summed E-state index contributed by atoms with van der Waals surface area (Å²) < 4.78 is 55.2. The van der Waals surface area contributed by atoms with Crippen molar-refractivity contribution < 1.29 is 16.8 Å². The molecule has 0 atom stereocenters. The van der Waals surface area contributed by atoms with Crippen LogP contribution in [0.2, 0.25) is 10.0 Å². The third-order valence-corrected chi connectivity index (χ3v) is 6.83. The molecule has 0 spiro atoms. The van der Waals surface area contributed by atoms with Crippen molar-refractivity contribution in [2.75, 3.05) is 9.44 Å². The molecule has 10 heteroatoms. The van der Waals surface area contributed by atoms with E-state index in [1.54, 1.807) is 24.3 Å². The van der Waals surface area contributed by atoms with Gasteiger partial charge in [-0.25, -0.2) is 16.8 Å². The summed E-state index contributed by atoms with van der Waals surface area (Å²) in [6, 6.07) is 17.5. The second kappa shape index (κ2) is 8.00. The first-order valence-corrected chi connectivity index (χ1v) is 11.6. The van der Waals surface area contributed by atoms with E-state index in [0.717, 1.165) is 0 Å².